The number of unbranched alkanes of at least 4 members (excludes halogenated alkanes) is 2. The fourth-order valence-corrected chi connectivity index (χ4v) is 3.64. The predicted octanol–water partition coefficient (Wildman–Crippen LogP) is 6.31. The lowest BCUT2D eigenvalue weighted by Gasteiger charge is -2.28. The molecule has 5 heteroatoms. The molecule has 2 aromatic rings. The van der Waals surface area contributed by atoms with Crippen molar-refractivity contribution in [3.63, 3.8) is 0 Å². The molecule has 0 heterocycles. The minimum Gasteiger partial charge on any atom is -0.459 e. The van der Waals surface area contributed by atoms with Gasteiger partial charge < -0.3 is 9.47 Å². The fraction of sp³-hybridized carbons (Fsp3) is 0.458. The van der Waals surface area contributed by atoms with Crippen molar-refractivity contribution in [3.8, 4) is 11.1 Å². The average molecular weight is 402 g/mol. The molecular weight excluding hydrogens is 374 g/mol. The molecule has 0 radical (unpaired) electrons. The number of esters is 1. The molecule has 0 aliphatic heterocycles. The van der Waals surface area contributed by atoms with Gasteiger partial charge >= 0.3 is 5.97 Å². The molecule has 0 saturated heterocycles. The summed E-state index contributed by atoms with van der Waals surface area (Å²) in [5.41, 5.74) is 1.19. The minimum absolute atomic E-state index is 0.0752. The number of hydrogen-bond donors (Lipinski definition) is 0. The van der Waals surface area contributed by atoms with Gasteiger partial charge in [0.15, 0.2) is 0 Å². The Labute approximate surface area is 171 Å². The van der Waals surface area contributed by atoms with Crippen molar-refractivity contribution >= 4 is 5.97 Å². The molecule has 0 N–H and O–H groups in total. The van der Waals surface area contributed by atoms with Gasteiger partial charge in [-0.25, -0.2) is 13.6 Å². The first kappa shape index (κ1) is 21.4. The van der Waals surface area contributed by atoms with Crippen LogP contribution in [0.5, 0.6) is 0 Å². The van der Waals surface area contributed by atoms with Crippen LogP contribution in [0.15, 0.2) is 42.5 Å². The third kappa shape index (κ3) is 6.10. The molecule has 0 spiro atoms. The Bertz CT molecular complexity index is 796. The van der Waals surface area contributed by atoms with Crippen molar-refractivity contribution in [2.24, 2.45) is 0 Å². The SMILES string of the molecule is CCCCCO[C@H]1CC[C@H](OC(=O)c2ccc(-c3ccc(F)cc3)cc2F)CC1. The average Bonchev–Trinajstić information content (AvgIpc) is 2.73. The molecule has 1 aliphatic rings. The van der Waals surface area contributed by atoms with Crippen LogP contribution in [-0.2, 0) is 9.47 Å². The van der Waals surface area contributed by atoms with Crippen LogP contribution in [0.1, 0.15) is 62.2 Å². The first-order chi connectivity index (χ1) is 14.1. The number of halogens is 2. The Hall–Kier alpha value is -2.27. The fourth-order valence-electron chi connectivity index (χ4n) is 3.64. The highest BCUT2D eigenvalue weighted by Crippen LogP contribution is 2.26. The van der Waals surface area contributed by atoms with E-state index in [0.717, 1.165) is 38.7 Å². The number of ether oxygens (including phenoxy) is 2. The Morgan fingerprint density at radius 1 is 0.931 bits per heavy atom. The molecule has 0 amide bonds. The van der Waals surface area contributed by atoms with Crippen molar-refractivity contribution in [1.82, 2.24) is 0 Å². The quantitative estimate of drug-likeness (QED) is 0.384. The van der Waals surface area contributed by atoms with Crippen molar-refractivity contribution in [3.05, 3.63) is 59.7 Å². The Morgan fingerprint density at radius 2 is 1.59 bits per heavy atom. The van der Waals surface area contributed by atoms with E-state index in [2.05, 4.69) is 6.92 Å². The summed E-state index contributed by atoms with van der Waals surface area (Å²) in [5.74, 6) is -1.62. The normalized spacial score (nSPS) is 19.1. The molecule has 0 atom stereocenters. The smallest absolute Gasteiger partial charge is 0.341 e. The zero-order valence-corrected chi connectivity index (χ0v) is 16.8. The standard InChI is InChI=1S/C24H28F2O3/c1-2-3-4-15-28-20-10-12-21(13-11-20)29-24(27)22-14-7-18(16-23(22)26)17-5-8-19(25)9-6-17/h5-9,14,16,20-21H,2-4,10-13,15H2,1H3/t20-,21-. The van der Waals surface area contributed by atoms with Gasteiger partial charge in [0.2, 0.25) is 0 Å². The van der Waals surface area contributed by atoms with Gasteiger partial charge in [-0.15, -0.1) is 0 Å². The topological polar surface area (TPSA) is 35.5 Å². The van der Waals surface area contributed by atoms with Crippen molar-refractivity contribution in [2.75, 3.05) is 6.61 Å². The lowest BCUT2D eigenvalue weighted by Crippen LogP contribution is -2.28. The highest BCUT2D eigenvalue weighted by Gasteiger charge is 2.25. The van der Waals surface area contributed by atoms with E-state index >= 15 is 0 Å². The van der Waals surface area contributed by atoms with Crippen LogP contribution >= 0.6 is 0 Å². The molecule has 3 nitrogen and oxygen atoms in total. The zero-order chi connectivity index (χ0) is 20.6. The minimum atomic E-state index is -0.638. The highest BCUT2D eigenvalue weighted by atomic mass is 19.1. The maximum absolute atomic E-state index is 14.5. The van der Waals surface area contributed by atoms with E-state index in [1.807, 2.05) is 0 Å². The number of rotatable bonds is 8. The number of carbonyl (C=O) groups excluding carboxylic acids is 1. The van der Waals surface area contributed by atoms with Gasteiger partial charge in [0.1, 0.15) is 17.7 Å². The zero-order valence-electron chi connectivity index (χ0n) is 16.8. The van der Waals surface area contributed by atoms with Crippen LogP contribution < -0.4 is 0 Å². The van der Waals surface area contributed by atoms with Crippen LogP contribution in [0, 0.1) is 11.6 Å². The Morgan fingerprint density at radius 3 is 2.24 bits per heavy atom. The first-order valence-corrected chi connectivity index (χ1v) is 10.4. The maximum atomic E-state index is 14.5. The first-order valence-electron chi connectivity index (χ1n) is 10.4. The summed E-state index contributed by atoms with van der Waals surface area (Å²) < 4.78 is 38.9. The molecule has 0 bridgehead atoms. The summed E-state index contributed by atoms with van der Waals surface area (Å²) in [6.45, 7) is 2.95. The molecule has 1 fully saturated rings. The molecule has 1 saturated carbocycles. The largest absolute Gasteiger partial charge is 0.459 e. The third-order valence-electron chi connectivity index (χ3n) is 5.36. The summed E-state index contributed by atoms with van der Waals surface area (Å²) >= 11 is 0. The van der Waals surface area contributed by atoms with Crippen molar-refractivity contribution in [2.45, 2.75) is 64.1 Å². The van der Waals surface area contributed by atoms with Crippen LogP contribution in [0.3, 0.4) is 0 Å². The molecule has 1 aliphatic carbocycles. The highest BCUT2D eigenvalue weighted by molar-refractivity contribution is 5.90. The molecular formula is C24H28F2O3. The second-order valence-corrected chi connectivity index (χ2v) is 7.58. The molecule has 0 unspecified atom stereocenters. The van der Waals surface area contributed by atoms with E-state index in [0.29, 0.717) is 11.1 Å². The van der Waals surface area contributed by atoms with Gasteiger partial charge in [-0.3, -0.25) is 0 Å². The van der Waals surface area contributed by atoms with E-state index in [4.69, 9.17) is 9.47 Å². The lowest BCUT2D eigenvalue weighted by molar-refractivity contribution is -0.0205. The third-order valence-corrected chi connectivity index (χ3v) is 5.36. The van der Waals surface area contributed by atoms with Crippen LogP contribution in [0.2, 0.25) is 0 Å². The van der Waals surface area contributed by atoms with E-state index in [9.17, 15) is 13.6 Å². The summed E-state index contributed by atoms with van der Waals surface area (Å²) in [5, 5.41) is 0. The number of hydrogen-bond acceptors (Lipinski definition) is 3. The molecule has 2 aromatic carbocycles. The molecule has 3 rings (SSSR count). The molecule has 156 valence electrons. The van der Waals surface area contributed by atoms with E-state index in [1.54, 1.807) is 18.2 Å². The van der Waals surface area contributed by atoms with Gasteiger partial charge in [-0.2, -0.15) is 0 Å². The second kappa shape index (κ2) is 10.5. The number of benzene rings is 2. The second-order valence-electron chi connectivity index (χ2n) is 7.58. The van der Waals surface area contributed by atoms with Crippen LogP contribution in [0.4, 0.5) is 8.78 Å². The summed E-state index contributed by atoms with van der Waals surface area (Å²) in [4.78, 5) is 12.4. The van der Waals surface area contributed by atoms with Gasteiger partial charge in [-0.1, -0.05) is 38.0 Å². The van der Waals surface area contributed by atoms with Gasteiger partial charge in [0, 0.05) is 6.61 Å². The Kier molecular flexibility index (Phi) is 7.76. The van der Waals surface area contributed by atoms with Gasteiger partial charge in [-0.05, 0) is 67.5 Å². The lowest BCUT2D eigenvalue weighted by atomic mass is 9.95. The molecule has 29 heavy (non-hydrogen) atoms. The number of carbonyl (C=O) groups is 1. The van der Waals surface area contributed by atoms with Gasteiger partial charge in [0.25, 0.3) is 0 Å². The molecule has 0 aromatic heterocycles. The van der Waals surface area contributed by atoms with Crippen LogP contribution in [-0.4, -0.2) is 24.8 Å². The summed E-state index contributed by atoms with van der Waals surface area (Å²) in [6.07, 6.45) is 6.65. The van der Waals surface area contributed by atoms with Crippen molar-refractivity contribution < 1.29 is 23.0 Å². The summed E-state index contributed by atoms with van der Waals surface area (Å²) in [6, 6.07) is 10.1. The maximum Gasteiger partial charge on any atom is 0.341 e. The monoisotopic (exact) mass is 402 g/mol. The van der Waals surface area contributed by atoms with Gasteiger partial charge in [0.05, 0.1) is 11.7 Å². The van der Waals surface area contributed by atoms with E-state index < -0.39 is 11.8 Å². The van der Waals surface area contributed by atoms with Crippen LogP contribution in [0.25, 0.3) is 11.1 Å². The summed E-state index contributed by atoms with van der Waals surface area (Å²) in [7, 11) is 0. The predicted molar refractivity (Wildman–Crippen MR) is 109 cm³/mol. The van der Waals surface area contributed by atoms with E-state index in [1.165, 1.54) is 37.1 Å². The van der Waals surface area contributed by atoms with E-state index in [-0.39, 0.29) is 23.6 Å². The van der Waals surface area contributed by atoms with Crippen molar-refractivity contribution in [1.29, 1.82) is 0 Å². The Balaban J connectivity index is 1.51.